The van der Waals surface area contributed by atoms with Gasteiger partial charge in [-0.2, -0.15) is 17.6 Å². The van der Waals surface area contributed by atoms with E-state index in [9.17, 15) is 17.6 Å². The van der Waals surface area contributed by atoms with E-state index in [1.807, 2.05) is 6.08 Å². The quantitative estimate of drug-likeness (QED) is 0.597. The first-order chi connectivity index (χ1) is 10.8. The number of alkyl halides is 3. The Morgan fingerprint density at radius 1 is 1.04 bits per heavy atom. The molecule has 0 spiro atoms. The van der Waals surface area contributed by atoms with Crippen molar-refractivity contribution in [1.29, 1.82) is 0 Å². The Morgan fingerprint density at radius 2 is 1.74 bits per heavy atom. The fraction of sp³-hybridized carbons (Fsp3) is 0.294. The fourth-order valence-electron chi connectivity index (χ4n) is 2.82. The van der Waals surface area contributed by atoms with Gasteiger partial charge in [0.05, 0.1) is 5.56 Å². The summed E-state index contributed by atoms with van der Waals surface area (Å²) in [5.74, 6) is -0.304. The Hall–Kier alpha value is -2.08. The van der Waals surface area contributed by atoms with Crippen molar-refractivity contribution in [3.63, 3.8) is 0 Å². The van der Waals surface area contributed by atoms with Crippen LogP contribution >= 0.6 is 0 Å². The Labute approximate surface area is 132 Å². The minimum atomic E-state index is -4.32. The highest BCUT2D eigenvalue weighted by molar-refractivity contribution is 5.38. The first kappa shape index (κ1) is 15.8. The molecule has 0 bridgehead atoms. The van der Waals surface area contributed by atoms with Crippen LogP contribution in [0.4, 0.5) is 17.6 Å². The number of piperazine rings is 1. The lowest BCUT2D eigenvalue weighted by atomic mass is 10.1. The summed E-state index contributed by atoms with van der Waals surface area (Å²) in [6, 6.07) is 5.17. The third kappa shape index (κ3) is 3.47. The maximum absolute atomic E-state index is 13.8. The second-order valence-electron chi connectivity index (χ2n) is 5.73. The molecule has 1 aromatic rings. The maximum atomic E-state index is 13.8. The number of nitrogens with zero attached hydrogens (tertiary/aromatic N) is 2. The van der Waals surface area contributed by atoms with Gasteiger partial charge in [0.2, 0.25) is 0 Å². The molecular formula is C17H16F4N2. The molecule has 0 radical (unpaired) electrons. The van der Waals surface area contributed by atoms with Crippen molar-refractivity contribution in [3.8, 4) is 0 Å². The van der Waals surface area contributed by atoms with Crippen LogP contribution in [-0.2, 0) is 12.7 Å². The molecule has 2 aliphatic rings. The van der Waals surface area contributed by atoms with Gasteiger partial charge in [0.15, 0.2) is 5.95 Å². The number of hydrogen-bond acceptors (Lipinski definition) is 2. The molecule has 0 unspecified atom stereocenters. The Morgan fingerprint density at radius 3 is 2.39 bits per heavy atom. The van der Waals surface area contributed by atoms with Crippen LogP contribution in [0.3, 0.4) is 0 Å². The van der Waals surface area contributed by atoms with E-state index in [4.69, 9.17) is 0 Å². The van der Waals surface area contributed by atoms with Gasteiger partial charge >= 0.3 is 6.18 Å². The Kier molecular flexibility index (Phi) is 4.02. The van der Waals surface area contributed by atoms with Crippen molar-refractivity contribution < 1.29 is 17.6 Å². The molecule has 0 N–H and O–H groups in total. The minimum absolute atomic E-state index is 0.304. The van der Waals surface area contributed by atoms with Crippen molar-refractivity contribution in [2.24, 2.45) is 0 Å². The molecular weight excluding hydrogens is 308 g/mol. The van der Waals surface area contributed by atoms with E-state index >= 15 is 0 Å². The molecule has 2 aliphatic heterocycles. The molecule has 122 valence electrons. The average molecular weight is 324 g/mol. The second kappa shape index (κ2) is 5.85. The predicted octanol–water partition coefficient (Wildman–Crippen LogP) is 4.09. The highest BCUT2D eigenvalue weighted by Crippen LogP contribution is 2.30. The van der Waals surface area contributed by atoms with Gasteiger partial charge in [-0.1, -0.05) is 18.7 Å². The third-order valence-electron chi connectivity index (χ3n) is 3.97. The SMILES string of the molecule is C=C1C=C(F)N2CCN(Cc3ccc(C(F)(F)F)cc3)CC2=C1. The van der Waals surface area contributed by atoms with Crippen molar-refractivity contribution in [3.05, 3.63) is 71.3 Å². The predicted molar refractivity (Wildman–Crippen MR) is 79.8 cm³/mol. The molecule has 3 rings (SSSR count). The van der Waals surface area contributed by atoms with Crippen LogP contribution < -0.4 is 0 Å². The number of rotatable bonds is 2. The molecule has 23 heavy (non-hydrogen) atoms. The number of fused-ring (bicyclic) bond motifs is 1. The highest BCUT2D eigenvalue weighted by atomic mass is 19.4. The second-order valence-corrected chi connectivity index (χ2v) is 5.73. The van der Waals surface area contributed by atoms with Crippen molar-refractivity contribution in [2.75, 3.05) is 19.6 Å². The largest absolute Gasteiger partial charge is 0.416 e. The molecule has 0 aromatic heterocycles. The minimum Gasteiger partial charge on any atom is -0.319 e. The lowest BCUT2D eigenvalue weighted by Crippen LogP contribution is -2.44. The van der Waals surface area contributed by atoms with Crippen molar-refractivity contribution >= 4 is 0 Å². The van der Waals surface area contributed by atoms with Gasteiger partial charge in [-0.3, -0.25) is 4.90 Å². The first-order valence-corrected chi connectivity index (χ1v) is 7.25. The van der Waals surface area contributed by atoms with E-state index < -0.39 is 11.7 Å². The van der Waals surface area contributed by atoms with E-state index in [2.05, 4.69) is 11.5 Å². The summed E-state index contributed by atoms with van der Waals surface area (Å²) < 4.78 is 51.5. The summed E-state index contributed by atoms with van der Waals surface area (Å²) in [6.07, 6.45) is -1.09. The summed E-state index contributed by atoms with van der Waals surface area (Å²) in [5, 5.41) is 0. The average Bonchev–Trinajstić information content (AvgIpc) is 2.46. The summed E-state index contributed by atoms with van der Waals surface area (Å²) in [5.41, 5.74) is 1.60. The number of benzene rings is 1. The van der Waals surface area contributed by atoms with E-state index in [-0.39, 0.29) is 5.95 Å². The molecule has 1 saturated heterocycles. The highest BCUT2D eigenvalue weighted by Gasteiger charge is 2.30. The summed E-state index contributed by atoms with van der Waals surface area (Å²) >= 11 is 0. The van der Waals surface area contributed by atoms with Crippen LogP contribution in [0.2, 0.25) is 0 Å². The monoisotopic (exact) mass is 324 g/mol. The lowest BCUT2D eigenvalue weighted by Gasteiger charge is -2.38. The van der Waals surface area contributed by atoms with E-state index in [1.54, 1.807) is 4.90 Å². The van der Waals surface area contributed by atoms with Gasteiger partial charge in [0.1, 0.15) is 0 Å². The van der Waals surface area contributed by atoms with E-state index in [0.717, 1.165) is 23.4 Å². The zero-order chi connectivity index (χ0) is 16.6. The van der Waals surface area contributed by atoms with Crippen LogP contribution in [0.25, 0.3) is 0 Å². The molecule has 0 atom stereocenters. The standard InChI is InChI=1S/C17H16F4N2/c1-12-8-15-11-22(6-7-23(15)16(18)9-12)10-13-2-4-14(5-3-13)17(19,20)21/h2-5,8-9H,1,6-7,10-11H2. The lowest BCUT2D eigenvalue weighted by molar-refractivity contribution is -0.137. The normalized spacial score (nSPS) is 19.3. The number of halogens is 4. The first-order valence-electron chi connectivity index (χ1n) is 7.25. The smallest absolute Gasteiger partial charge is 0.319 e. The van der Waals surface area contributed by atoms with Gasteiger partial charge in [0, 0.05) is 31.9 Å². The zero-order valence-electron chi connectivity index (χ0n) is 12.4. The van der Waals surface area contributed by atoms with Crippen LogP contribution in [0.5, 0.6) is 0 Å². The summed E-state index contributed by atoms with van der Waals surface area (Å²) in [6.45, 7) is 5.99. The summed E-state index contributed by atoms with van der Waals surface area (Å²) in [4.78, 5) is 3.69. The van der Waals surface area contributed by atoms with Crippen molar-refractivity contribution in [1.82, 2.24) is 9.80 Å². The molecule has 0 aliphatic carbocycles. The van der Waals surface area contributed by atoms with Gasteiger partial charge in [0.25, 0.3) is 0 Å². The molecule has 2 heterocycles. The maximum Gasteiger partial charge on any atom is 0.416 e. The van der Waals surface area contributed by atoms with Crippen LogP contribution in [0, 0.1) is 0 Å². The molecule has 1 aromatic carbocycles. The van der Waals surface area contributed by atoms with Crippen LogP contribution in [0.15, 0.2) is 60.2 Å². The molecule has 0 saturated carbocycles. The molecule has 0 amide bonds. The fourth-order valence-corrected chi connectivity index (χ4v) is 2.82. The van der Waals surface area contributed by atoms with Gasteiger partial charge < -0.3 is 4.90 Å². The molecule has 6 heteroatoms. The Bertz CT molecular complexity index is 671. The van der Waals surface area contributed by atoms with Gasteiger partial charge in [-0.15, -0.1) is 0 Å². The van der Waals surface area contributed by atoms with E-state index in [1.165, 1.54) is 18.2 Å². The number of hydrogen-bond donors (Lipinski definition) is 0. The summed E-state index contributed by atoms with van der Waals surface area (Å²) in [7, 11) is 0. The Balaban J connectivity index is 1.67. The van der Waals surface area contributed by atoms with Crippen LogP contribution in [0.1, 0.15) is 11.1 Å². The van der Waals surface area contributed by atoms with E-state index in [0.29, 0.717) is 31.8 Å². The van der Waals surface area contributed by atoms with Crippen LogP contribution in [-0.4, -0.2) is 29.4 Å². The van der Waals surface area contributed by atoms with Gasteiger partial charge in [-0.05, 0) is 35.4 Å². The zero-order valence-corrected chi connectivity index (χ0v) is 12.4. The molecule has 1 fully saturated rings. The number of allylic oxidation sites excluding steroid dienone is 3. The molecule has 2 nitrogen and oxygen atoms in total. The third-order valence-corrected chi connectivity index (χ3v) is 3.97. The van der Waals surface area contributed by atoms with Crippen molar-refractivity contribution in [2.45, 2.75) is 12.7 Å². The van der Waals surface area contributed by atoms with Gasteiger partial charge in [-0.25, -0.2) is 0 Å². The topological polar surface area (TPSA) is 6.48 Å².